The summed E-state index contributed by atoms with van der Waals surface area (Å²) in [5, 5.41) is 5.82. The Kier molecular flexibility index (Phi) is 3.50. The maximum atomic E-state index is 13.2. The van der Waals surface area contributed by atoms with Gasteiger partial charge >= 0.3 is 0 Å². The van der Waals surface area contributed by atoms with Crippen LogP contribution in [0.3, 0.4) is 0 Å². The predicted octanol–water partition coefficient (Wildman–Crippen LogP) is 2.32. The Balaban J connectivity index is 2.20. The zero-order valence-electron chi connectivity index (χ0n) is 10.7. The van der Waals surface area contributed by atoms with E-state index < -0.39 is 5.82 Å². The van der Waals surface area contributed by atoms with Crippen LogP contribution in [0, 0.1) is 5.82 Å². The van der Waals surface area contributed by atoms with Crippen LogP contribution in [0.2, 0.25) is 0 Å². The molecule has 4 nitrogen and oxygen atoms in total. The lowest BCUT2D eigenvalue weighted by Gasteiger charge is -2.42. The van der Waals surface area contributed by atoms with Gasteiger partial charge in [-0.15, -0.1) is 0 Å². The SMILES string of the molecule is CCC1(NC(=O)c2cc(F)cnc2NC)CCC1. The van der Waals surface area contributed by atoms with Gasteiger partial charge in [-0.3, -0.25) is 4.79 Å². The van der Waals surface area contributed by atoms with Gasteiger partial charge in [-0.25, -0.2) is 9.37 Å². The third-order valence-corrected chi connectivity index (χ3v) is 3.70. The molecule has 0 radical (unpaired) electrons. The van der Waals surface area contributed by atoms with Gasteiger partial charge < -0.3 is 10.6 Å². The molecule has 1 aromatic heterocycles. The third-order valence-electron chi connectivity index (χ3n) is 3.70. The fourth-order valence-electron chi connectivity index (χ4n) is 2.29. The number of nitrogens with zero attached hydrogens (tertiary/aromatic N) is 1. The Morgan fingerprint density at radius 1 is 1.56 bits per heavy atom. The van der Waals surface area contributed by atoms with Crippen molar-refractivity contribution >= 4 is 11.7 Å². The minimum absolute atomic E-state index is 0.103. The molecule has 1 aliphatic rings. The van der Waals surface area contributed by atoms with Crippen LogP contribution in [0.1, 0.15) is 43.0 Å². The van der Waals surface area contributed by atoms with E-state index in [0.29, 0.717) is 5.82 Å². The van der Waals surface area contributed by atoms with Crippen LogP contribution in [0.15, 0.2) is 12.3 Å². The van der Waals surface area contributed by atoms with Crippen molar-refractivity contribution in [3.05, 3.63) is 23.6 Å². The van der Waals surface area contributed by atoms with Gasteiger partial charge in [0.15, 0.2) is 0 Å². The molecule has 1 aromatic rings. The monoisotopic (exact) mass is 251 g/mol. The van der Waals surface area contributed by atoms with Crippen LogP contribution in [0.5, 0.6) is 0 Å². The minimum Gasteiger partial charge on any atom is -0.372 e. The number of hydrogen-bond donors (Lipinski definition) is 2. The quantitative estimate of drug-likeness (QED) is 0.863. The van der Waals surface area contributed by atoms with Gasteiger partial charge in [0.25, 0.3) is 5.91 Å². The number of nitrogens with one attached hydrogen (secondary N) is 2. The summed E-state index contributed by atoms with van der Waals surface area (Å²) < 4.78 is 13.2. The highest BCUT2D eigenvalue weighted by Gasteiger charge is 2.37. The lowest BCUT2D eigenvalue weighted by molar-refractivity contribution is 0.0820. The predicted molar refractivity (Wildman–Crippen MR) is 68.1 cm³/mol. The van der Waals surface area contributed by atoms with Crippen molar-refractivity contribution in [1.29, 1.82) is 0 Å². The number of pyridine rings is 1. The van der Waals surface area contributed by atoms with E-state index in [0.717, 1.165) is 31.9 Å². The Bertz CT molecular complexity index is 452. The van der Waals surface area contributed by atoms with Gasteiger partial charge in [0, 0.05) is 12.6 Å². The second-order valence-electron chi connectivity index (χ2n) is 4.74. The van der Waals surface area contributed by atoms with Crippen LogP contribution in [-0.2, 0) is 0 Å². The molecule has 1 aliphatic carbocycles. The van der Waals surface area contributed by atoms with Gasteiger partial charge in [-0.05, 0) is 31.7 Å². The molecule has 18 heavy (non-hydrogen) atoms. The van der Waals surface area contributed by atoms with Crippen molar-refractivity contribution in [1.82, 2.24) is 10.3 Å². The van der Waals surface area contributed by atoms with Crippen LogP contribution >= 0.6 is 0 Å². The fraction of sp³-hybridized carbons (Fsp3) is 0.538. The highest BCUT2D eigenvalue weighted by Crippen LogP contribution is 2.35. The van der Waals surface area contributed by atoms with E-state index in [1.165, 1.54) is 6.07 Å². The Morgan fingerprint density at radius 3 is 2.78 bits per heavy atom. The Hall–Kier alpha value is -1.65. The zero-order chi connectivity index (χ0) is 13.2. The summed E-state index contributed by atoms with van der Waals surface area (Å²) in [6.45, 7) is 2.06. The number of aromatic nitrogens is 1. The molecule has 98 valence electrons. The maximum Gasteiger partial charge on any atom is 0.255 e. The van der Waals surface area contributed by atoms with Crippen molar-refractivity contribution in [3.8, 4) is 0 Å². The summed E-state index contributed by atoms with van der Waals surface area (Å²) in [4.78, 5) is 16.1. The van der Waals surface area contributed by atoms with E-state index in [1.54, 1.807) is 7.05 Å². The first kappa shape index (κ1) is 12.8. The molecule has 0 aromatic carbocycles. The smallest absolute Gasteiger partial charge is 0.255 e. The molecule has 5 heteroatoms. The number of carbonyl (C=O) groups is 1. The summed E-state index contributed by atoms with van der Waals surface area (Å²) in [7, 11) is 1.66. The molecule has 0 spiro atoms. The van der Waals surface area contributed by atoms with Gasteiger partial charge in [0.05, 0.1) is 11.8 Å². The van der Waals surface area contributed by atoms with E-state index in [1.807, 2.05) is 0 Å². The number of halogens is 1. The third kappa shape index (κ3) is 2.30. The van der Waals surface area contributed by atoms with Crippen molar-refractivity contribution in [3.63, 3.8) is 0 Å². The molecule has 2 N–H and O–H groups in total. The molecule has 0 saturated heterocycles. The van der Waals surface area contributed by atoms with E-state index in [9.17, 15) is 9.18 Å². The van der Waals surface area contributed by atoms with Crippen LogP contribution in [0.25, 0.3) is 0 Å². The van der Waals surface area contributed by atoms with Crippen LogP contribution in [-0.4, -0.2) is 23.5 Å². The molecule has 1 amide bonds. The van der Waals surface area contributed by atoms with Crippen molar-refractivity contribution in [2.45, 2.75) is 38.1 Å². The van der Waals surface area contributed by atoms with Gasteiger partial charge in [-0.1, -0.05) is 6.92 Å². The average molecular weight is 251 g/mol. The minimum atomic E-state index is -0.502. The molecule has 0 atom stereocenters. The van der Waals surface area contributed by atoms with Gasteiger partial charge in [-0.2, -0.15) is 0 Å². The van der Waals surface area contributed by atoms with E-state index in [-0.39, 0.29) is 17.0 Å². The topological polar surface area (TPSA) is 54.0 Å². The molecule has 2 rings (SSSR count). The lowest BCUT2D eigenvalue weighted by atomic mass is 9.74. The fourth-order valence-corrected chi connectivity index (χ4v) is 2.29. The number of anilines is 1. The van der Waals surface area contributed by atoms with E-state index in [4.69, 9.17) is 0 Å². The summed E-state index contributed by atoms with van der Waals surface area (Å²) in [6, 6.07) is 1.22. The second kappa shape index (κ2) is 4.92. The zero-order valence-corrected chi connectivity index (χ0v) is 10.7. The standard InChI is InChI=1S/C13H18FN3O/c1-3-13(5-4-6-13)17-12(18)10-7-9(14)8-16-11(10)15-2/h7-8H,3-6H2,1-2H3,(H,15,16)(H,17,18). The highest BCUT2D eigenvalue weighted by atomic mass is 19.1. The summed E-state index contributed by atoms with van der Waals surface area (Å²) >= 11 is 0. The highest BCUT2D eigenvalue weighted by molar-refractivity contribution is 5.99. The summed E-state index contributed by atoms with van der Waals surface area (Å²) in [5.41, 5.74) is 0.159. The van der Waals surface area contributed by atoms with Crippen LogP contribution in [0.4, 0.5) is 10.2 Å². The number of rotatable bonds is 4. The number of hydrogen-bond acceptors (Lipinski definition) is 3. The molecule has 1 saturated carbocycles. The summed E-state index contributed by atoms with van der Waals surface area (Å²) in [6.07, 6.45) is 5.12. The van der Waals surface area contributed by atoms with E-state index in [2.05, 4.69) is 22.5 Å². The largest absolute Gasteiger partial charge is 0.372 e. The van der Waals surface area contributed by atoms with Gasteiger partial charge in [0.1, 0.15) is 11.6 Å². The Morgan fingerprint density at radius 2 is 2.28 bits per heavy atom. The second-order valence-corrected chi connectivity index (χ2v) is 4.74. The molecule has 0 unspecified atom stereocenters. The molecular formula is C13H18FN3O. The van der Waals surface area contributed by atoms with Crippen molar-refractivity contribution < 1.29 is 9.18 Å². The molecule has 1 fully saturated rings. The first-order chi connectivity index (χ1) is 8.60. The summed E-state index contributed by atoms with van der Waals surface area (Å²) in [5.74, 6) is -0.356. The normalized spacial score (nSPS) is 16.8. The maximum absolute atomic E-state index is 13.2. The average Bonchev–Trinajstić information content (AvgIpc) is 2.33. The molecule has 0 bridgehead atoms. The first-order valence-electron chi connectivity index (χ1n) is 6.26. The lowest BCUT2D eigenvalue weighted by Crippen LogP contribution is -2.53. The Labute approximate surface area is 106 Å². The van der Waals surface area contributed by atoms with Crippen LogP contribution < -0.4 is 10.6 Å². The van der Waals surface area contributed by atoms with Gasteiger partial charge in [0.2, 0.25) is 0 Å². The molecular weight excluding hydrogens is 233 g/mol. The molecule has 0 aliphatic heterocycles. The number of amides is 1. The molecule has 1 heterocycles. The first-order valence-corrected chi connectivity index (χ1v) is 6.26. The van der Waals surface area contributed by atoms with E-state index >= 15 is 0 Å². The number of carbonyl (C=O) groups excluding carboxylic acids is 1. The van der Waals surface area contributed by atoms with Crippen molar-refractivity contribution in [2.24, 2.45) is 0 Å². The van der Waals surface area contributed by atoms with Crippen molar-refractivity contribution in [2.75, 3.05) is 12.4 Å².